The zero-order valence-corrected chi connectivity index (χ0v) is 17.2. The number of nitrogens with zero attached hydrogens (tertiary/aromatic N) is 1. The Labute approximate surface area is 174 Å². The maximum absolute atomic E-state index is 11.0. The van der Waals surface area contributed by atoms with E-state index in [2.05, 4.69) is 51.8 Å². The van der Waals surface area contributed by atoms with E-state index in [9.17, 15) is 10.2 Å². The molecule has 2 atom stereocenters. The summed E-state index contributed by atoms with van der Waals surface area (Å²) >= 11 is 2.25. The lowest BCUT2D eigenvalue weighted by Gasteiger charge is -2.34. The van der Waals surface area contributed by atoms with Gasteiger partial charge in [0.05, 0.1) is 18.8 Å². The average Bonchev–Trinajstić information content (AvgIpc) is 2.70. The Hall–Kier alpha value is -1.73. The molecule has 0 heterocycles. The Kier molecular flexibility index (Phi) is 7.41. The molecule has 3 aromatic carbocycles. The number of hydrogen-bond donors (Lipinski definition) is 2. The summed E-state index contributed by atoms with van der Waals surface area (Å²) in [6, 6.07) is 27.8. The smallest absolute Gasteiger partial charge is 0.0967 e. The maximum Gasteiger partial charge on any atom is 0.0967 e. The van der Waals surface area contributed by atoms with Gasteiger partial charge in [-0.2, -0.15) is 0 Å². The van der Waals surface area contributed by atoms with Gasteiger partial charge in [0.15, 0.2) is 0 Å². The molecule has 140 valence electrons. The minimum atomic E-state index is -0.764. The Balaban J connectivity index is 1.87. The molecule has 0 aliphatic carbocycles. The summed E-state index contributed by atoms with van der Waals surface area (Å²) in [5, 5.41) is 21.1. The molecule has 0 aliphatic heterocycles. The lowest BCUT2D eigenvalue weighted by Crippen LogP contribution is -2.41. The fraction of sp³-hybridized carbons (Fsp3) is 0.217. The third-order valence-electron chi connectivity index (χ3n) is 4.69. The molecule has 0 aromatic heterocycles. The third-order valence-corrected chi connectivity index (χ3v) is 5.41. The number of aliphatic hydroxyl groups excluding tert-OH is 2. The summed E-state index contributed by atoms with van der Waals surface area (Å²) < 4.78 is 1.12. The van der Waals surface area contributed by atoms with E-state index in [1.165, 1.54) is 0 Å². The zero-order valence-electron chi connectivity index (χ0n) is 15.1. The lowest BCUT2D eigenvalue weighted by molar-refractivity contribution is 0.00592. The molecular weight excluding hydrogens is 449 g/mol. The molecule has 0 aliphatic rings. The van der Waals surface area contributed by atoms with Gasteiger partial charge in [0.25, 0.3) is 0 Å². The van der Waals surface area contributed by atoms with E-state index < -0.39 is 12.1 Å². The van der Waals surface area contributed by atoms with E-state index in [-0.39, 0.29) is 6.61 Å². The molecule has 0 radical (unpaired) electrons. The van der Waals surface area contributed by atoms with Crippen molar-refractivity contribution < 1.29 is 10.2 Å². The van der Waals surface area contributed by atoms with Gasteiger partial charge in [-0.15, -0.1) is 0 Å². The molecule has 27 heavy (non-hydrogen) atoms. The molecule has 0 bridgehead atoms. The van der Waals surface area contributed by atoms with Crippen LogP contribution in [-0.2, 0) is 13.1 Å². The third kappa shape index (κ3) is 5.62. The molecule has 3 nitrogen and oxygen atoms in total. The molecular formula is C23H24INO2. The van der Waals surface area contributed by atoms with Crippen molar-refractivity contribution in [1.82, 2.24) is 4.90 Å². The predicted molar refractivity (Wildman–Crippen MR) is 117 cm³/mol. The maximum atomic E-state index is 11.0. The number of benzene rings is 3. The van der Waals surface area contributed by atoms with Crippen molar-refractivity contribution in [2.45, 2.75) is 25.2 Å². The van der Waals surface area contributed by atoms with Crippen LogP contribution in [0.4, 0.5) is 0 Å². The van der Waals surface area contributed by atoms with E-state index in [4.69, 9.17) is 0 Å². The van der Waals surface area contributed by atoms with Crippen LogP contribution in [0.2, 0.25) is 0 Å². The van der Waals surface area contributed by atoms with Crippen molar-refractivity contribution in [3.8, 4) is 0 Å². The van der Waals surface area contributed by atoms with Crippen LogP contribution < -0.4 is 0 Å². The molecule has 3 rings (SSSR count). The molecule has 3 aromatic rings. The van der Waals surface area contributed by atoms with Crippen molar-refractivity contribution in [3.05, 3.63) is 105 Å². The quantitative estimate of drug-likeness (QED) is 0.478. The van der Waals surface area contributed by atoms with Crippen molar-refractivity contribution in [1.29, 1.82) is 0 Å². The summed E-state index contributed by atoms with van der Waals surface area (Å²) in [6.45, 7) is 1.19. The highest BCUT2D eigenvalue weighted by Gasteiger charge is 2.27. The zero-order chi connectivity index (χ0) is 19.1. The van der Waals surface area contributed by atoms with Crippen LogP contribution in [0, 0.1) is 3.57 Å². The number of hydrogen-bond acceptors (Lipinski definition) is 3. The first-order valence-corrected chi connectivity index (χ1v) is 10.1. The van der Waals surface area contributed by atoms with Crippen LogP contribution in [0.25, 0.3) is 0 Å². The normalized spacial score (nSPS) is 13.5. The number of rotatable bonds is 8. The van der Waals surface area contributed by atoms with Crippen molar-refractivity contribution in [2.75, 3.05) is 6.61 Å². The van der Waals surface area contributed by atoms with Crippen LogP contribution in [0.15, 0.2) is 84.9 Å². The number of halogens is 1. The van der Waals surface area contributed by atoms with Crippen LogP contribution >= 0.6 is 22.6 Å². The summed E-state index contributed by atoms with van der Waals surface area (Å²) in [6.07, 6.45) is -0.764. The fourth-order valence-electron chi connectivity index (χ4n) is 3.22. The highest BCUT2D eigenvalue weighted by molar-refractivity contribution is 14.1. The molecule has 0 fully saturated rings. The van der Waals surface area contributed by atoms with Gasteiger partial charge in [-0.05, 0) is 51.4 Å². The van der Waals surface area contributed by atoms with E-state index in [0.29, 0.717) is 13.1 Å². The van der Waals surface area contributed by atoms with E-state index >= 15 is 0 Å². The topological polar surface area (TPSA) is 43.7 Å². The van der Waals surface area contributed by atoms with E-state index in [0.717, 1.165) is 20.3 Å². The van der Waals surface area contributed by atoms with Crippen molar-refractivity contribution >= 4 is 22.6 Å². The average molecular weight is 473 g/mol. The first-order chi connectivity index (χ1) is 13.2. The fourth-order valence-corrected chi connectivity index (χ4v) is 3.58. The highest BCUT2D eigenvalue weighted by atomic mass is 127. The van der Waals surface area contributed by atoms with Gasteiger partial charge in [-0.3, -0.25) is 4.90 Å². The Morgan fingerprint density at radius 2 is 1.22 bits per heavy atom. The molecule has 0 unspecified atom stereocenters. The van der Waals surface area contributed by atoms with Crippen molar-refractivity contribution in [2.24, 2.45) is 0 Å². The highest BCUT2D eigenvalue weighted by Crippen LogP contribution is 2.25. The minimum absolute atomic E-state index is 0.118. The second-order valence-corrected chi connectivity index (χ2v) is 7.87. The summed E-state index contributed by atoms with van der Waals surface area (Å²) in [5.41, 5.74) is 3.13. The molecule has 0 saturated carbocycles. The Morgan fingerprint density at radius 1 is 0.741 bits per heavy atom. The standard InChI is InChI=1S/C23H24INO2/c24-21-13-11-20(12-14-21)23(27)22(17-26)25(15-18-7-3-1-4-8-18)16-19-9-5-2-6-10-19/h1-14,22-23,26-27H,15-17H2/t22-,23-/m0/s1. The van der Waals surface area contributed by atoms with Crippen LogP contribution in [0.3, 0.4) is 0 Å². The van der Waals surface area contributed by atoms with Crippen LogP contribution in [0.5, 0.6) is 0 Å². The number of aliphatic hydroxyl groups is 2. The van der Waals surface area contributed by atoms with Crippen LogP contribution in [0.1, 0.15) is 22.8 Å². The van der Waals surface area contributed by atoms with Gasteiger partial charge in [-0.1, -0.05) is 72.8 Å². The molecule has 0 saturated heterocycles. The van der Waals surface area contributed by atoms with Gasteiger partial charge in [0, 0.05) is 16.7 Å². The van der Waals surface area contributed by atoms with Crippen LogP contribution in [-0.4, -0.2) is 27.8 Å². The molecule has 0 spiro atoms. The monoisotopic (exact) mass is 473 g/mol. The molecule has 2 N–H and O–H groups in total. The SMILES string of the molecule is OC[C@@H]([C@@H](O)c1ccc(I)cc1)N(Cc1ccccc1)Cc1ccccc1. The van der Waals surface area contributed by atoms with Crippen molar-refractivity contribution in [3.63, 3.8) is 0 Å². The van der Waals surface area contributed by atoms with E-state index in [1.54, 1.807) is 0 Å². The first kappa shape index (κ1) is 20.0. The lowest BCUT2D eigenvalue weighted by atomic mass is 10.00. The summed E-state index contributed by atoms with van der Waals surface area (Å²) in [7, 11) is 0. The molecule has 0 amide bonds. The largest absolute Gasteiger partial charge is 0.395 e. The van der Waals surface area contributed by atoms with Gasteiger partial charge >= 0.3 is 0 Å². The second kappa shape index (κ2) is 9.99. The van der Waals surface area contributed by atoms with Gasteiger partial charge in [0.2, 0.25) is 0 Å². The predicted octanol–water partition coefficient (Wildman–Crippen LogP) is 4.39. The minimum Gasteiger partial charge on any atom is -0.395 e. The summed E-state index contributed by atoms with van der Waals surface area (Å²) in [5.74, 6) is 0. The van der Waals surface area contributed by atoms with Gasteiger partial charge in [-0.25, -0.2) is 0 Å². The van der Waals surface area contributed by atoms with Gasteiger partial charge < -0.3 is 10.2 Å². The second-order valence-electron chi connectivity index (χ2n) is 6.62. The summed E-state index contributed by atoms with van der Waals surface area (Å²) in [4.78, 5) is 2.15. The first-order valence-electron chi connectivity index (χ1n) is 9.03. The Morgan fingerprint density at radius 3 is 1.67 bits per heavy atom. The van der Waals surface area contributed by atoms with E-state index in [1.807, 2.05) is 60.7 Å². The van der Waals surface area contributed by atoms with Gasteiger partial charge in [0.1, 0.15) is 0 Å². The molecule has 4 heteroatoms. The Bertz CT molecular complexity index is 767.